The van der Waals surface area contributed by atoms with Gasteiger partial charge in [0.1, 0.15) is 0 Å². The molecule has 0 spiro atoms. The molecule has 2 N–H and O–H groups in total. The zero-order valence-electron chi connectivity index (χ0n) is 18.0. The van der Waals surface area contributed by atoms with Crippen LogP contribution in [-0.4, -0.2) is 46.8 Å². The normalized spacial score (nSPS) is 15.7. The van der Waals surface area contributed by atoms with E-state index in [4.69, 9.17) is 23.2 Å². The number of aromatic nitrogens is 2. The summed E-state index contributed by atoms with van der Waals surface area (Å²) >= 11 is 12.1. The maximum absolute atomic E-state index is 6.14. The zero-order valence-corrected chi connectivity index (χ0v) is 21.8. The summed E-state index contributed by atoms with van der Waals surface area (Å²) in [7, 11) is 3.79. The molecule has 1 aromatic carbocycles. The molecule has 0 radical (unpaired) electrons. The van der Waals surface area contributed by atoms with E-state index >= 15 is 0 Å². The first-order valence-corrected chi connectivity index (χ1v) is 10.8. The molecule has 166 valence electrons. The molecule has 1 saturated heterocycles. The molecule has 0 aliphatic carbocycles. The van der Waals surface area contributed by atoms with E-state index in [0.717, 1.165) is 50.7 Å². The Hall–Kier alpha value is -1.03. The molecule has 1 aliphatic rings. The fourth-order valence-electron chi connectivity index (χ4n) is 3.77. The topological polar surface area (TPSA) is 57.5 Å². The van der Waals surface area contributed by atoms with E-state index in [1.807, 2.05) is 43.9 Å². The molecule has 0 unspecified atom stereocenters. The molecule has 0 amide bonds. The van der Waals surface area contributed by atoms with Crippen molar-refractivity contribution < 1.29 is 0 Å². The van der Waals surface area contributed by atoms with Crippen LogP contribution < -0.4 is 10.6 Å². The number of likely N-dealkylation sites (tertiary alicyclic amines) is 1. The fourth-order valence-corrected chi connectivity index (χ4v) is 4.09. The SMILES string of the molecule is CN=C(NCc1c(C)nn(C)c1C)NC1CCN(Cc2ccc(Cl)c(Cl)c2)CC1.I. The van der Waals surface area contributed by atoms with E-state index < -0.39 is 0 Å². The van der Waals surface area contributed by atoms with Crippen LogP contribution in [0, 0.1) is 13.8 Å². The van der Waals surface area contributed by atoms with Crippen LogP contribution in [0.2, 0.25) is 10.0 Å². The highest BCUT2D eigenvalue weighted by atomic mass is 127. The molecule has 2 aromatic rings. The van der Waals surface area contributed by atoms with Crippen molar-refractivity contribution in [2.75, 3.05) is 20.1 Å². The van der Waals surface area contributed by atoms with E-state index in [9.17, 15) is 0 Å². The third-order valence-corrected chi connectivity index (χ3v) is 6.37. The van der Waals surface area contributed by atoms with Crippen LogP contribution in [0.3, 0.4) is 0 Å². The Morgan fingerprint density at radius 1 is 1.20 bits per heavy atom. The third kappa shape index (κ3) is 6.48. The number of aryl methyl sites for hydroxylation is 2. The Bertz CT molecular complexity index is 875. The lowest BCUT2D eigenvalue weighted by Gasteiger charge is -2.33. The Kier molecular flexibility index (Phi) is 9.71. The van der Waals surface area contributed by atoms with Gasteiger partial charge in [0.15, 0.2) is 5.96 Å². The highest BCUT2D eigenvalue weighted by Crippen LogP contribution is 2.24. The molecule has 0 atom stereocenters. The molecule has 6 nitrogen and oxygen atoms in total. The van der Waals surface area contributed by atoms with Crippen LogP contribution in [-0.2, 0) is 20.1 Å². The minimum absolute atomic E-state index is 0. The summed E-state index contributed by atoms with van der Waals surface area (Å²) in [6.07, 6.45) is 2.15. The quantitative estimate of drug-likeness (QED) is 0.323. The van der Waals surface area contributed by atoms with Gasteiger partial charge in [-0.15, -0.1) is 24.0 Å². The number of nitrogens with zero attached hydrogens (tertiary/aromatic N) is 4. The van der Waals surface area contributed by atoms with Gasteiger partial charge in [-0.05, 0) is 44.4 Å². The maximum atomic E-state index is 6.14. The predicted molar refractivity (Wildman–Crippen MR) is 136 cm³/mol. The van der Waals surface area contributed by atoms with E-state index in [0.29, 0.717) is 16.1 Å². The van der Waals surface area contributed by atoms with Gasteiger partial charge in [-0.3, -0.25) is 14.6 Å². The third-order valence-electron chi connectivity index (χ3n) is 5.63. The van der Waals surface area contributed by atoms with Gasteiger partial charge in [0.2, 0.25) is 0 Å². The average Bonchev–Trinajstić information content (AvgIpc) is 2.94. The van der Waals surface area contributed by atoms with Crippen molar-refractivity contribution in [3.05, 3.63) is 50.8 Å². The Labute approximate surface area is 206 Å². The van der Waals surface area contributed by atoms with E-state index in [1.54, 1.807) is 0 Å². The molecule has 30 heavy (non-hydrogen) atoms. The van der Waals surface area contributed by atoms with Crippen LogP contribution in [0.15, 0.2) is 23.2 Å². The minimum Gasteiger partial charge on any atom is -0.354 e. The lowest BCUT2D eigenvalue weighted by molar-refractivity contribution is 0.198. The van der Waals surface area contributed by atoms with E-state index in [1.165, 1.54) is 16.8 Å². The fraction of sp³-hybridized carbons (Fsp3) is 0.524. The highest BCUT2D eigenvalue weighted by Gasteiger charge is 2.20. The molecule has 9 heteroatoms. The number of halogens is 3. The standard InChI is InChI=1S/C21H30Cl2N6.HI/c1-14-18(15(2)28(4)27-14)12-25-21(24-3)26-17-7-9-29(10-8-17)13-16-5-6-19(22)20(23)11-16;/h5-6,11,17H,7-10,12-13H2,1-4H3,(H2,24,25,26);1H. The second-order valence-corrected chi connectivity index (χ2v) is 8.46. The van der Waals surface area contributed by atoms with Crippen LogP contribution in [0.4, 0.5) is 0 Å². The highest BCUT2D eigenvalue weighted by molar-refractivity contribution is 14.0. The number of piperidine rings is 1. The largest absolute Gasteiger partial charge is 0.354 e. The van der Waals surface area contributed by atoms with Crippen molar-refractivity contribution in [1.29, 1.82) is 0 Å². The zero-order chi connectivity index (χ0) is 21.0. The number of hydrogen-bond acceptors (Lipinski definition) is 3. The number of benzene rings is 1. The summed E-state index contributed by atoms with van der Waals surface area (Å²) in [6, 6.07) is 6.30. The summed E-state index contributed by atoms with van der Waals surface area (Å²) < 4.78 is 1.92. The van der Waals surface area contributed by atoms with Crippen molar-refractivity contribution in [3.8, 4) is 0 Å². The first-order valence-electron chi connectivity index (χ1n) is 10.00. The van der Waals surface area contributed by atoms with E-state index in [2.05, 4.69) is 32.5 Å². The van der Waals surface area contributed by atoms with Gasteiger partial charge in [-0.1, -0.05) is 29.3 Å². The van der Waals surface area contributed by atoms with Crippen LogP contribution >= 0.6 is 47.2 Å². The average molecular weight is 565 g/mol. The summed E-state index contributed by atoms with van der Waals surface area (Å²) in [6.45, 7) is 7.84. The molecular formula is C21H31Cl2IN6. The lowest BCUT2D eigenvalue weighted by Crippen LogP contribution is -2.48. The van der Waals surface area contributed by atoms with Crippen molar-refractivity contribution in [3.63, 3.8) is 0 Å². The molecule has 1 aliphatic heterocycles. The second-order valence-electron chi connectivity index (χ2n) is 7.64. The predicted octanol–water partition coefficient (Wildman–Crippen LogP) is 4.29. The van der Waals surface area contributed by atoms with Gasteiger partial charge >= 0.3 is 0 Å². The molecule has 1 aromatic heterocycles. The molecule has 0 bridgehead atoms. The second kappa shape index (κ2) is 11.5. The summed E-state index contributed by atoms with van der Waals surface area (Å²) in [4.78, 5) is 6.85. The summed E-state index contributed by atoms with van der Waals surface area (Å²) in [5, 5.41) is 12.7. The first-order chi connectivity index (χ1) is 13.9. The molecule has 3 rings (SSSR count). The Balaban J connectivity index is 0.00000320. The van der Waals surface area contributed by atoms with Crippen molar-refractivity contribution in [2.24, 2.45) is 12.0 Å². The molecule has 2 heterocycles. The van der Waals surface area contributed by atoms with Crippen molar-refractivity contribution >= 4 is 53.1 Å². The first kappa shape index (κ1) is 25.2. The monoisotopic (exact) mass is 564 g/mol. The minimum atomic E-state index is 0. The van der Waals surface area contributed by atoms with Crippen LogP contribution in [0.25, 0.3) is 0 Å². The lowest BCUT2D eigenvalue weighted by atomic mass is 10.0. The number of hydrogen-bond donors (Lipinski definition) is 2. The van der Waals surface area contributed by atoms with Gasteiger partial charge in [0, 0.05) is 57.6 Å². The van der Waals surface area contributed by atoms with Gasteiger partial charge in [0.25, 0.3) is 0 Å². The van der Waals surface area contributed by atoms with Crippen molar-refractivity contribution in [2.45, 2.75) is 45.8 Å². The number of nitrogens with one attached hydrogen (secondary N) is 2. The number of aliphatic imine (C=N–C) groups is 1. The molecule has 1 fully saturated rings. The maximum Gasteiger partial charge on any atom is 0.191 e. The van der Waals surface area contributed by atoms with Crippen LogP contribution in [0.1, 0.15) is 35.4 Å². The van der Waals surface area contributed by atoms with Crippen molar-refractivity contribution in [1.82, 2.24) is 25.3 Å². The number of guanidine groups is 1. The summed E-state index contributed by atoms with van der Waals surface area (Å²) in [5.74, 6) is 0.843. The van der Waals surface area contributed by atoms with Gasteiger partial charge < -0.3 is 10.6 Å². The van der Waals surface area contributed by atoms with Gasteiger partial charge in [-0.25, -0.2) is 0 Å². The van der Waals surface area contributed by atoms with Gasteiger partial charge in [0.05, 0.1) is 15.7 Å². The Morgan fingerprint density at radius 3 is 2.47 bits per heavy atom. The molecular weight excluding hydrogens is 534 g/mol. The number of rotatable bonds is 5. The Morgan fingerprint density at radius 2 is 1.90 bits per heavy atom. The van der Waals surface area contributed by atoms with Gasteiger partial charge in [-0.2, -0.15) is 5.10 Å². The molecule has 0 saturated carbocycles. The van der Waals surface area contributed by atoms with Crippen LogP contribution in [0.5, 0.6) is 0 Å². The summed E-state index contributed by atoms with van der Waals surface area (Å²) in [5.41, 5.74) is 4.67. The van der Waals surface area contributed by atoms with E-state index in [-0.39, 0.29) is 24.0 Å². The smallest absolute Gasteiger partial charge is 0.191 e.